The van der Waals surface area contributed by atoms with Crippen LogP contribution >= 0.6 is 0 Å². The molecule has 0 bridgehead atoms. The summed E-state index contributed by atoms with van der Waals surface area (Å²) in [6.45, 7) is 0. The van der Waals surface area contributed by atoms with Gasteiger partial charge in [0.2, 0.25) is 0 Å². The van der Waals surface area contributed by atoms with Gasteiger partial charge in [-0.05, 0) is 24.3 Å². The molecule has 0 saturated carbocycles. The molecule has 2 aromatic carbocycles. The zero-order chi connectivity index (χ0) is 20.7. The fourth-order valence-corrected chi connectivity index (χ4v) is 3.13. The Morgan fingerprint density at radius 1 is 0.900 bits per heavy atom. The molecule has 0 unspecified atom stereocenters. The molecule has 30 heavy (non-hydrogen) atoms. The first kappa shape index (κ1) is 17.7. The Balaban J connectivity index is 1.64. The van der Waals surface area contributed by atoms with Gasteiger partial charge >= 0.3 is 5.69 Å². The van der Waals surface area contributed by atoms with Crippen LogP contribution < -0.4 is 5.69 Å². The van der Waals surface area contributed by atoms with E-state index in [1.54, 1.807) is 30.3 Å². The van der Waals surface area contributed by atoms with E-state index in [-0.39, 0.29) is 17.2 Å². The number of halogens is 2. The van der Waals surface area contributed by atoms with Crippen molar-refractivity contribution in [2.24, 2.45) is 0 Å². The molecule has 0 fully saturated rings. The fraction of sp³-hybridized carbons (Fsp3) is 0. The van der Waals surface area contributed by atoms with Crippen LogP contribution in [0.1, 0.15) is 0 Å². The monoisotopic (exact) mass is 403 g/mol. The SMILES string of the molecule is O=c1ncn(-c2nccc(-c3cccc4cc(-c5c(F)cccc5F)nnc34)n2)[nH]1. The zero-order valence-corrected chi connectivity index (χ0v) is 15.1. The summed E-state index contributed by atoms with van der Waals surface area (Å²) >= 11 is 0. The minimum atomic E-state index is -0.713. The van der Waals surface area contributed by atoms with Gasteiger partial charge in [-0.25, -0.2) is 33.3 Å². The molecule has 0 radical (unpaired) electrons. The quantitative estimate of drug-likeness (QED) is 0.497. The highest BCUT2D eigenvalue weighted by atomic mass is 19.1. The fourth-order valence-electron chi connectivity index (χ4n) is 3.13. The summed E-state index contributed by atoms with van der Waals surface area (Å²) < 4.78 is 29.6. The molecule has 0 atom stereocenters. The number of H-pyrrole nitrogens is 1. The molecule has 3 heterocycles. The maximum atomic E-state index is 14.1. The number of aromatic nitrogens is 7. The van der Waals surface area contributed by atoms with Crippen LogP contribution in [-0.2, 0) is 0 Å². The number of nitrogens with zero attached hydrogens (tertiary/aromatic N) is 6. The van der Waals surface area contributed by atoms with E-state index in [1.165, 1.54) is 35.4 Å². The molecule has 0 saturated heterocycles. The van der Waals surface area contributed by atoms with Crippen molar-refractivity contribution < 1.29 is 8.78 Å². The summed E-state index contributed by atoms with van der Waals surface area (Å²) in [5.74, 6) is -1.21. The number of nitrogens with one attached hydrogen (secondary N) is 1. The second-order valence-electron chi connectivity index (χ2n) is 6.34. The second kappa shape index (κ2) is 6.92. The number of rotatable bonds is 3. The van der Waals surface area contributed by atoms with Gasteiger partial charge in [-0.15, -0.1) is 10.2 Å². The van der Waals surface area contributed by atoms with E-state index >= 15 is 0 Å². The summed E-state index contributed by atoms with van der Waals surface area (Å²) in [6.07, 6.45) is 2.81. The van der Waals surface area contributed by atoms with Crippen molar-refractivity contribution in [2.45, 2.75) is 0 Å². The Morgan fingerprint density at radius 2 is 1.70 bits per heavy atom. The maximum absolute atomic E-state index is 14.1. The molecule has 5 aromatic rings. The normalized spacial score (nSPS) is 11.1. The molecule has 146 valence electrons. The highest BCUT2D eigenvalue weighted by Gasteiger charge is 2.15. The summed E-state index contributed by atoms with van der Waals surface area (Å²) in [7, 11) is 0. The molecule has 0 amide bonds. The van der Waals surface area contributed by atoms with Crippen LogP contribution in [0.15, 0.2) is 65.8 Å². The van der Waals surface area contributed by atoms with Gasteiger partial charge in [-0.2, -0.15) is 4.98 Å². The van der Waals surface area contributed by atoms with E-state index in [4.69, 9.17) is 0 Å². The van der Waals surface area contributed by atoms with E-state index in [2.05, 4.69) is 30.2 Å². The van der Waals surface area contributed by atoms with E-state index < -0.39 is 17.3 Å². The molecule has 0 aliphatic carbocycles. The first-order chi connectivity index (χ1) is 14.6. The van der Waals surface area contributed by atoms with Crippen LogP contribution in [0.4, 0.5) is 8.78 Å². The number of benzene rings is 2. The molecule has 3 aromatic heterocycles. The highest BCUT2D eigenvalue weighted by molar-refractivity contribution is 5.93. The van der Waals surface area contributed by atoms with Crippen LogP contribution in [0.5, 0.6) is 0 Å². The van der Waals surface area contributed by atoms with Gasteiger partial charge in [0.05, 0.1) is 17.0 Å². The number of aromatic amines is 1. The Labute approximate surface area is 166 Å². The zero-order valence-electron chi connectivity index (χ0n) is 15.1. The van der Waals surface area contributed by atoms with Crippen LogP contribution in [0.2, 0.25) is 0 Å². The minimum absolute atomic E-state index is 0.0922. The first-order valence-electron chi connectivity index (χ1n) is 8.78. The van der Waals surface area contributed by atoms with Gasteiger partial charge in [-0.1, -0.05) is 24.3 Å². The van der Waals surface area contributed by atoms with Crippen LogP contribution in [0.3, 0.4) is 0 Å². The first-order valence-corrected chi connectivity index (χ1v) is 8.78. The van der Waals surface area contributed by atoms with Crippen molar-refractivity contribution in [2.75, 3.05) is 0 Å². The molecular formula is C20H11F2N7O. The third kappa shape index (κ3) is 3.00. The van der Waals surface area contributed by atoms with Crippen molar-refractivity contribution in [3.05, 3.63) is 83.2 Å². The maximum Gasteiger partial charge on any atom is 0.361 e. The summed E-state index contributed by atoms with van der Waals surface area (Å²) in [5.41, 5.74) is 1.01. The lowest BCUT2D eigenvalue weighted by molar-refractivity contribution is 0.588. The number of fused-ring (bicyclic) bond motifs is 1. The van der Waals surface area contributed by atoms with Gasteiger partial charge in [0.25, 0.3) is 5.95 Å². The Morgan fingerprint density at radius 3 is 2.47 bits per heavy atom. The second-order valence-corrected chi connectivity index (χ2v) is 6.34. The van der Waals surface area contributed by atoms with Crippen molar-refractivity contribution in [3.63, 3.8) is 0 Å². The van der Waals surface area contributed by atoms with Crippen molar-refractivity contribution >= 4 is 10.9 Å². The predicted molar refractivity (Wildman–Crippen MR) is 104 cm³/mol. The Kier molecular flexibility index (Phi) is 4.09. The molecule has 8 nitrogen and oxygen atoms in total. The summed E-state index contributed by atoms with van der Waals surface area (Å²) in [4.78, 5) is 23.4. The van der Waals surface area contributed by atoms with Gasteiger partial charge in [0, 0.05) is 17.1 Å². The van der Waals surface area contributed by atoms with E-state index in [9.17, 15) is 13.6 Å². The number of hydrogen-bond donors (Lipinski definition) is 1. The van der Waals surface area contributed by atoms with Gasteiger partial charge < -0.3 is 0 Å². The van der Waals surface area contributed by atoms with Crippen molar-refractivity contribution in [1.82, 2.24) is 34.9 Å². The molecule has 0 spiro atoms. The molecule has 0 aliphatic heterocycles. The van der Waals surface area contributed by atoms with Gasteiger partial charge in [-0.3, -0.25) is 0 Å². The predicted octanol–water partition coefficient (Wildman–Crippen LogP) is 2.91. The van der Waals surface area contributed by atoms with Crippen LogP contribution in [-0.4, -0.2) is 34.9 Å². The van der Waals surface area contributed by atoms with Crippen molar-refractivity contribution in [1.29, 1.82) is 0 Å². The van der Waals surface area contributed by atoms with E-state index in [1.807, 2.05) is 0 Å². The minimum Gasteiger partial charge on any atom is -0.244 e. The lowest BCUT2D eigenvalue weighted by Crippen LogP contribution is -2.08. The number of hydrogen-bond acceptors (Lipinski definition) is 6. The molecule has 10 heteroatoms. The summed E-state index contributed by atoms with van der Waals surface area (Å²) in [5, 5.41) is 11.3. The lowest BCUT2D eigenvalue weighted by Gasteiger charge is -2.08. The van der Waals surface area contributed by atoms with Crippen molar-refractivity contribution in [3.8, 4) is 28.5 Å². The third-order valence-corrected chi connectivity index (χ3v) is 4.48. The van der Waals surface area contributed by atoms with Gasteiger partial charge in [0.15, 0.2) is 0 Å². The standard InChI is InChI=1S/C20H11F2N7O/c21-13-5-2-6-14(22)17(13)16-9-11-3-1-4-12(18(11)27-26-16)15-7-8-23-19(25-15)29-10-24-20(30)28-29/h1-10H,(H,28,30). The van der Waals surface area contributed by atoms with E-state index in [0.717, 1.165) is 0 Å². The van der Waals surface area contributed by atoms with E-state index in [0.29, 0.717) is 22.2 Å². The molecule has 1 N–H and O–H groups in total. The third-order valence-electron chi connectivity index (χ3n) is 4.48. The smallest absolute Gasteiger partial charge is 0.244 e. The molecule has 5 rings (SSSR count). The van der Waals surface area contributed by atoms with Crippen LogP contribution in [0.25, 0.3) is 39.4 Å². The van der Waals surface area contributed by atoms with Crippen LogP contribution in [0, 0.1) is 11.6 Å². The topological polar surface area (TPSA) is 102 Å². The lowest BCUT2D eigenvalue weighted by atomic mass is 10.0. The summed E-state index contributed by atoms with van der Waals surface area (Å²) in [6, 6.07) is 12.2. The Hall–Kier alpha value is -4.34. The highest BCUT2D eigenvalue weighted by Crippen LogP contribution is 2.30. The average Bonchev–Trinajstić information content (AvgIpc) is 3.19. The van der Waals surface area contributed by atoms with Gasteiger partial charge in [0.1, 0.15) is 23.5 Å². The molecular weight excluding hydrogens is 392 g/mol. The Bertz CT molecular complexity index is 1440. The molecule has 0 aliphatic rings. The largest absolute Gasteiger partial charge is 0.361 e. The average molecular weight is 403 g/mol.